The third-order valence-corrected chi connectivity index (χ3v) is 4.87. The van der Waals surface area contributed by atoms with Gasteiger partial charge in [0.1, 0.15) is 0 Å². The fraction of sp³-hybridized carbons (Fsp3) is 0.706. The van der Waals surface area contributed by atoms with E-state index in [4.69, 9.17) is 4.52 Å². The Hall–Kier alpha value is -1.73. The second-order valence-electron chi connectivity index (χ2n) is 6.93. The minimum Gasteiger partial charge on any atom is -0.339 e. The highest BCUT2D eigenvalue weighted by molar-refractivity contribution is 5.04. The fourth-order valence-electron chi connectivity index (χ4n) is 3.29. The van der Waals surface area contributed by atoms with Crippen molar-refractivity contribution in [3.05, 3.63) is 29.7 Å². The quantitative estimate of drug-likeness (QED) is 0.806. The van der Waals surface area contributed by atoms with Gasteiger partial charge in [0.05, 0.1) is 12.7 Å². The highest BCUT2D eigenvalue weighted by Gasteiger charge is 2.29. The number of aryl methyl sites for hydroxylation is 1. The maximum absolute atomic E-state index is 5.37. The van der Waals surface area contributed by atoms with Crippen LogP contribution in [0.4, 0.5) is 0 Å². The van der Waals surface area contributed by atoms with Gasteiger partial charge in [-0.25, -0.2) is 0 Å². The largest absolute Gasteiger partial charge is 0.339 e. The van der Waals surface area contributed by atoms with Crippen LogP contribution in [0.15, 0.2) is 16.9 Å². The third-order valence-electron chi connectivity index (χ3n) is 4.87. The zero-order valence-electron chi connectivity index (χ0n) is 14.4. The van der Waals surface area contributed by atoms with E-state index in [1.54, 1.807) is 0 Å². The number of rotatable bonds is 6. The van der Waals surface area contributed by atoms with Crippen molar-refractivity contribution in [1.29, 1.82) is 0 Å². The van der Waals surface area contributed by atoms with Crippen molar-refractivity contribution in [3.8, 4) is 0 Å². The highest BCUT2D eigenvalue weighted by atomic mass is 16.5. The van der Waals surface area contributed by atoms with Crippen LogP contribution in [-0.2, 0) is 19.6 Å². The summed E-state index contributed by atoms with van der Waals surface area (Å²) < 4.78 is 7.36. The lowest BCUT2D eigenvalue weighted by Crippen LogP contribution is -2.30. The Labute approximate surface area is 142 Å². The Morgan fingerprint density at radius 2 is 1.92 bits per heavy atom. The van der Waals surface area contributed by atoms with E-state index >= 15 is 0 Å². The molecule has 0 radical (unpaired) electrons. The number of nitrogens with zero attached hydrogens (tertiary/aromatic N) is 6. The van der Waals surface area contributed by atoms with Crippen LogP contribution >= 0.6 is 0 Å². The van der Waals surface area contributed by atoms with Crippen molar-refractivity contribution in [2.75, 3.05) is 26.2 Å². The molecule has 24 heavy (non-hydrogen) atoms. The van der Waals surface area contributed by atoms with Crippen molar-refractivity contribution in [1.82, 2.24) is 29.7 Å². The monoisotopic (exact) mass is 330 g/mol. The summed E-state index contributed by atoms with van der Waals surface area (Å²) in [5.41, 5.74) is 1.30. The topological polar surface area (TPSA) is 63.2 Å². The molecule has 0 aromatic carbocycles. The normalized spacial score (nSPS) is 20.4. The molecule has 0 atom stereocenters. The first kappa shape index (κ1) is 15.8. The molecule has 1 aliphatic carbocycles. The van der Waals surface area contributed by atoms with E-state index < -0.39 is 0 Å². The summed E-state index contributed by atoms with van der Waals surface area (Å²) in [5.74, 6) is 2.22. The Bertz CT molecular complexity index is 662. The first-order valence-corrected chi connectivity index (χ1v) is 9.08. The van der Waals surface area contributed by atoms with Crippen LogP contribution in [0.2, 0.25) is 0 Å². The SMILES string of the molecule is CCn1cc(CN2CCCN(Cc3noc(C4CC4)n3)CC2)cn1. The summed E-state index contributed by atoms with van der Waals surface area (Å²) >= 11 is 0. The Morgan fingerprint density at radius 3 is 2.62 bits per heavy atom. The molecule has 2 aliphatic rings. The molecular weight excluding hydrogens is 304 g/mol. The van der Waals surface area contributed by atoms with Crippen molar-refractivity contribution in [2.24, 2.45) is 0 Å². The van der Waals surface area contributed by atoms with E-state index in [1.807, 2.05) is 10.9 Å². The van der Waals surface area contributed by atoms with Gasteiger partial charge in [0.25, 0.3) is 0 Å². The van der Waals surface area contributed by atoms with Gasteiger partial charge >= 0.3 is 0 Å². The minimum atomic E-state index is 0.537. The van der Waals surface area contributed by atoms with E-state index in [1.165, 1.54) is 24.8 Å². The van der Waals surface area contributed by atoms with E-state index in [2.05, 4.69) is 38.2 Å². The summed E-state index contributed by atoms with van der Waals surface area (Å²) in [6.07, 6.45) is 7.73. The van der Waals surface area contributed by atoms with Crippen LogP contribution in [0.3, 0.4) is 0 Å². The van der Waals surface area contributed by atoms with Gasteiger partial charge in [-0.05, 0) is 39.3 Å². The molecule has 7 heteroatoms. The minimum absolute atomic E-state index is 0.537. The standard InChI is InChI=1S/C17H26N6O/c1-2-23-12-14(10-18-23)11-21-6-3-7-22(9-8-21)13-16-19-17(24-20-16)15-4-5-15/h10,12,15H,2-9,11,13H2,1H3. The smallest absolute Gasteiger partial charge is 0.229 e. The predicted molar refractivity (Wildman–Crippen MR) is 89.3 cm³/mol. The van der Waals surface area contributed by atoms with Crippen LogP contribution in [0, 0.1) is 0 Å². The molecule has 0 spiro atoms. The molecule has 2 aromatic heterocycles. The molecule has 1 saturated heterocycles. The lowest BCUT2D eigenvalue weighted by atomic mass is 10.3. The summed E-state index contributed by atoms with van der Waals surface area (Å²) in [6.45, 7) is 9.19. The Balaban J connectivity index is 1.28. The van der Waals surface area contributed by atoms with E-state index in [0.717, 1.165) is 57.5 Å². The molecule has 4 rings (SSSR count). The summed E-state index contributed by atoms with van der Waals surface area (Å²) in [7, 11) is 0. The second-order valence-corrected chi connectivity index (χ2v) is 6.93. The highest BCUT2D eigenvalue weighted by Crippen LogP contribution is 2.38. The maximum atomic E-state index is 5.37. The van der Waals surface area contributed by atoms with Crippen LogP contribution < -0.4 is 0 Å². The molecule has 1 aliphatic heterocycles. The number of hydrogen-bond acceptors (Lipinski definition) is 6. The zero-order chi connectivity index (χ0) is 16.4. The van der Waals surface area contributed by atoms with Crippen LogP contribution in [0.25, 0.3) is 0 Å². The van der Waals surface area contributed by atoms with Gasteiger partial charge in [0.2, 0.25) is 5.89 Å². The molecule has 3 heterocycles. The second kappa shape index (κ2) is 7.03. The van der Waals surface area contributed by atoms with Gasteiger partial charge in [0, 0.05) is 43.9 Å². The van der Waals surface area contributed by atoms with Crippen molar-refractivity contribution >= 4 is 0 Å². The van der Waals surface area contributed by atoms with Gasteiger partial charge in [-0.15, -0.1) is 0 Å². The molecule has 0 unspecified atom stereocenters. The summed E-state index contributed by atoms with van der Waals surface area (Å²) in [4.78, 5) is 9.51. The van der Waals surface area contributed by atoms with Crippen molar-refractivity contribution in [3.63, 3.8) is 0 Å². The van der Waals surface area contributed by atoms with Crippen LogP contribution in [-0.4, -0.2) is 55.9 Å². The third kappa shape index (κ3) is 3.84. The van der Waals surface area contributed by atoms with E-state index in [-0.39, 0.29) is 0 Å². The van der Waals surface area contributed by atoms with Crippen LogP contribution in [0.1, 0.15) is 49.4 Å². The molecule has 0 amide bonds. The summed E-state index contributed by atoms with van der Waals surface area (Å²) in [6, 6.07) is 0. The van der Waals surface area contributed by atoms with E-state index in [9.17, 15) is 0 Å². The van der Waals surface area contributed by atoms with E-state index in [0.29, 0.717) is 5.92 Å². The fourth-order valence-corrected chi connectivity index (χ4v) is 3.29. The first-order chi connectivity index (χ1) is 11.8. The predicted octanol–water partition coefficient (Wildman–Crippen LogP) is 1.87. The van der Waals surface area contributed by atoms with Gasteiger partial charge in [0.15, 0.2) is 5.82 Å². The molecule has 0 N–H and O–H groups in total. The molecule has 2 fully saturated rings. The Kier molecular flexibility index (Phi) is 4.62. The van der Waals surface area contributed by atoms with Gasteiger partial charge in [-0.2, -0.15) is 10.1 Å². The molecule has 1 saturated carbocycles. The van der Waals surface area contributed by atoms with Crippen molar-refractivity contribution in [2.45, 2.75) is 51.7 Å². The molecule has 0 bridgehead atoms. The van der Waals surface area contributed by atoms with Gasteiger partial charge < -0.3 is 4.52 Å². The lowest BCUT2D eigenvalue weighted by Gasteiger charge is -2.20. The molecule has 2 aromatic rings. The average molecular weight is 330 g/mol. The molecular formula is C17H26N6O. The number of aromatic nitrogens is 4. The summed E-state index contributed by atoms with van der Waals surface area (Å²) in [5, 5.41) is 8.52. The van der Waals surface area contributed by atoms with Crippen molar-refractivity contribution < 1.29 is 4.52 Å². The Morgan fingerprint density at radius 1 is 1.12 bits per heavy atom. The maximum Gasteiger partial charge on any atom is 0.229 e. The van der Waals surface area contributed by atoms with Gasteiger partial charge in [-0.1, -0.05) is 5.16 Å². The van der Waals surface area contributed by atoms with Gasteiger partial charge in [-0.3, -0.25) is 14.5 Å². The lowest BCUT2D eigenvalue weighted by molar-refractivity contribution is 0.241. The average Bonchev–Trinajstić information content (AvgIpc) is 3.23. The van der Waals surface area contributed by atoms with Crippen LogP contribution in [0.5, 0.6) is 0 Å². The molecule has 7 nitrogen and oxygen atoms in total. The number of hydrogen-bond donors (Lipinski definition) is 0. The molecule has 130 valence electrons. The first-order valence-electron chi connectivity index (χ1n) is 9.08. The zero-order valence-corrected chi connectivity index (χ0v) is 14.4.